The van der Waals surface area contributed by atoms with Crippen LogP contribution in [0.2, 0.25) is 20.1 Å². The minimum Gasteiger partial charge on any atom is -0.494 e. The SMILES string of the molecule is CCCc1ccc(Cc2csc(N3CCN(S(=O)(=O)c4ccc(Cl)c(Cl)c4)CC3)n2)cc1.CCOc1ccc(Cc2csc(N3CCN(S(=O)(=O)c4ccc(Cl)c(Cl)c4)CC3)n2)cc1. The van der Waals surface area contributed by atoms with E-state index in [0.29, 0.717) is 69.0 Å². The van der Waals surface area contributed by atoms with Crippen molar-refractivity contribution in [3.8, 4) is 5.75 Å². The lowest BCUT2D eigenvalue weighted by Gasteiger charge is -2.33. The Morgan fingerprint density at radius 1 is 0.547 bits per heavy atom. The summed E-state index contributed by atoms with van der Waals surface area (Å²) in [5, 5.41) is 7.15. The fourth-order valence-electron chi connectivity index (χ4n) is 7.26. The van der Waals surface area contributed by atoms with Gasteiger partial charge in [-0.1, -0.05) is 96.1 Å². The number of aryl methyl sites for hydroxylation is 1. The van der Waals surface area contributed by atoms with Crippen LogP contribution >= 0.6 is 69.1 Å². The molecule has 8 rings (SSSR count). The topological polar surface area (TPSA) is 116 Å². The van der Waals surface area contributed by atoms with Gasteiger partial charge < -0.3 is 14.5 Å². The molecule has 11 nitrogen and oxygen atoms in total. The largest absolute Gasteiger partial charge is 0.494 e. The van der Waals surface area contributed by atoms with Crippen molar-refractivity contribution in [3.63, 3.8) is 0 Å². The lowest BCUT2D eigenvalue weighted by atomic mass is 10.1. The molecular formula is C45H48Cl4N6O5S4. The maximum Gasteiger partial charge on any atom is 0.243 e. The molecule has 4 aromatic carbocycles. The van der Waals surface area contributed by atoms with Crippen molar-refractivity contribution in [1.29, 1.82) is 0 Å². The molecule has 0 spiro atoms. The molecule has 340 valence electrons. The monoisotopic (exact) mass is 1020 g/mol. The van der Waals surface area contributed by atoms with Crippen LogP contribution in [0, 0.1) is 0 Å². The van der Waals surface area contributed by atoms with E-state index < -0.39 is 20.0 Å². The smallest absolute Gasteiger partial charge is 0.243 e. The first-order valence-electron chi connectivity index (χ1n) is 20.8. The van der Waals surface area contributed by atoms with Crippen LogP contribution in [-0.2, 0) is 39.3 Å². The summed E-state index contributed by atoms with van der Waals surface area (Å²) in [7, 11) is -7.22. The van der Waals surface area contributed by atoms with Gasteiger partial charge in [-0.3, -0.25) is 0 Å². The maximum atomic E-state index is 13.0. The van der Waals surface area contributed by atoms with Crippen LogP contribution in [0.3, 0.4) is 0 Å². The second-order valence-electron chi connectivity index (χ2n) is 15.2. The number of halogens is 4. The molecule has 0 atom stereocenters. The lowest BCUT2D eigenvalue weighted by Crippen LogP contribution is -2.48. The summed E-state index contributed by atoms with van der Waals surface area (Å²) in [5.41, 5.74) is 5.82. The minimum absolute atomic E-state index is 0.159. The van der Waals surface area contributed by atoms with Gasteiger partial charge >= 0.3 is 0 Å². The average molecular weight is 1020 g/mol. The highest BCUT2D eigenvalue weighted by molar-refractivity contribution is 7.89. The van der Waals surface area contributed by atoms with Gasteiger partial charge in [-0.25, -0.2) is 26.8 Å². The van der Waals surface area contributed by atoms with Crippen molar-refractivity contribution in [1.82, 2.24) is 18.6 Å². The van der Waals surface area contributed by atoms with Gasteiger partial charge in [-0.15, -0.1) is 22.7 Å². The summed E-state index contributed by atoms with van der Waals surface area (Å²) in [6, 6.07) is 25.6. The molecule has 19 heteroatoms. The van der Waals surface area contributed by atoms with Gasteiger partial charge in [0.15, 0.2) is 10.3 Å². The van der Waals surface area contributed by atoms with E-state index in [0.717, 1.165) is 53.1 Å². The van der Waals surface area contributed by atoms with Crippen LogP contribution < -0.4 is 14.5 Å². The summed E-state index contributed by atoms with van der Waals surface area (Å²) in [6.45, 7) is 8.72. The Balaban J connectivity index is 0.000000191. The second kappa shape index (κ2) is 21.9. The van der Waals surface area contributed by atoms with Crippen molar-refractivity contribution < 1.29 is 21.6 Å². The van der Waals surface area contributed by atoms with E-state index in [1.807, 2.05) is 19.1 Å². The van der Waals surface area contributed by atoms with Crippen molar-refractivity contribution in [3.05, 3.63) is 144 Å². The number of anilines is 2. The molecule has 2 saturated heterocycles. The third-order valence-electron chi connectivity index (χ3n) is 10.7. The molecule has 4 heterocycles. The van der Waals surface area contributed by atoms with Crippen LogP contribution in [0.1, 0.15) is 48.3 Å². The van der Waals surface area contributed by atoms with Crippen molar-refractivity contribution >= 4 is 99.4 Å². The lowest BCUT2D eigenvalue weighted by molar-refractivity contribution is 0.340. The summed E-state index contributed by atoms with van der Waals surface area (Å²) in [5.74, 6) is 0.865. The number of aromatic nitrogens is 2. The number of rotatable bonds is 14. The van der Waals surface area contributed by atoms with Gasteiger partial charge in [-0.05, 0) is 78.6 Å². The molecule has 0 saturated carbocycles. The van der Waals surface area contributed by atoms with Crippen LogP contribution in [0.25, 0.3) is 0 Å². The predicted molar refractivity (Wildman–Crippen MR) is 263 cm³/mol. The van der Waals surface area contributed by atoms with Crippen LogP contribution in [0.5, 0.6) is 5.75 Å². The summed E-state index contributed by atoms with van der Waals surface area (Å²) in [6.07, 6.45) is 3.80. The number of hydrogen-bond donors (Lipinski definition) is 0. The highest BCUT2D eigenvalue weighted by Gasteiger charge is 2.31. The Bertz CT molecular complexity index is 2540. The third-order valence-corrected chi connectivity index (χ3v) is 17.9. The fraction of sp³-hybridized carbons (Fsp3) is 0.333. The normalized spacial score (nSPS) is 15.2. The summed E-state index contributed by atoms with van der Waals surface area (Å²) >= 11 is 27.1. The zero-order valence-corrected chi connectivity index (χ0v) is 41.6. The van der Waals surface area contributed by atoms with Gasteiger partial charge in [0.2, 0.25) is 20.0 Å². The van der Waals surface area contributed by atoms with Gasteiger partial charge in [0.1, 0.15) is 5.75 Å². The van der Waals surface area contributed by atoms with E-state index in [-0.39, 0.29) is 19.8 Å². The molecular weight excluding hydrogens is 975 g/mol. The standard InChI is InChI=1S/C23H25Cl2N3O2S2.C22H23Cl2N3O3S2/c1-2-3-17-4-6-18(7-5-17)14-19-16-31-23(26-19)27-10-12-28(13-11-27)32(29,30)20-8-9-21(24)22(25)15-20;1-2-30-18-5-3-16(4-6-18)13-17-15-31-22(25-17)26-9-11-27(12-10-26)32(28,29)19-7-8-20(23)21(24)14-19/h4-9,15-16H,2-3,10-14H2,1H3;3-8,14-15H,2,9-13H2,1H3. The molecule has 0 amide bonds. The number of hydrogen-bond acceptors (Lipinski definition) is 11. The molecule has 2 aliphatic heterocycles. The van der Waals surface area contributed by atoms with E-state index in [4.69, 9.17) is 61.1 Å². The summed E-state index contributed by atoms with van der Waals surface area (Å²) in [4.78, 5) is 14.2. The Morgan fingerprint density at radius 2 is 0.953 bits per heavy atom. The van der Waals surface area contributed by atoms with E-state index in [9.17, 15) is 16.8 Å². The number of ether oxygens (including phenoxy) is 1. The molecule has 2 fully saturated rings. The second-order valence-corrected chi connectivity index (χ2v) is 22.4. The summed E-state index contributed by atoms with van der Waals surface area (Å²) < 4.78 is 60.3. The average Bonchev–Trinajstić information content (AvgIpc) is 3.97. The van der Waals surface area contributed by atoms with Crippen LogP contribution in [-0.4, -0.2) is 94.4 Å². The fourth-order valence-corrected chi connectivity index (χ4v) is 12.6. The first kappa shape index (κ1) is 48.5. The van der Waals surface area contributed by atoms with Crippen LogP contribution in [0.4, 0.5) is 10.3 Å². The number of piperazine rings is 2. The molecule has 0 bridgehead atoms. The number of thiazole rings is 2. The highest BCUT2D eigenvalue weighted by atomic mass is 35.5. The molecule has 0 radical (unpaired) electrons. The first-order chi connectivity index (χ1) is 30.7. The van der Waals surface area contributed by atoms with E-state index in [2.05, 4.69) is 63.9 Å². The zero-order chi connectivity index (χ0) is 45.4. The Morgan fingerprint density at radius 3 is 1.34 bits per heavy atom. The number of sulfonamides is 2. The molecule has 64 heavy (non-hydrogen) atoms. The Labute approximate surface area is 404 Å². The maximum absolute atomic E-state index is 13.0. The van der Waals surface area contributed by atoms with Crippen molar-refractivity contribution in [2.45, 2.75) is 49.3 Å². The molecule has 2 aliphatic rings. The van der Waals surface area contributed by atoms with Gasteiger partial charge in [0, 0.05) is 76.0 Å². The molecule has 6 aromatic rings. The number of nitrogens with zero attached hydrogens (tertiary/aromatic N) is 6. The van der Waals surface area contributed by atoms with E-state index in [1.54, 1.807) is 22.7 Å². The highest BCUT2D eigenvalue weighted by Crippen LogP contribution is 2.31. The minimum atomic E-state index is -3.61. The molecule has 0 N–H and O–H groups in total. The first-order valence-corrected chi connectivity index (χ1v) is 27.0. The molecule has 2 aromatic heterocycles. The Hall–Kier alpha value is -3.48. The van der Waals surface area contributed by atoms with Crippen molar-refractivity contribution in [2.75, 3.05) is 68.8 Å². The number of benzene rings is 4. The Kier molecular flexibility index (Phi) is 16.6. The van der Waals surface area contributed by atoms with Crippen molar-refractivity contribution in [2.24, 2.45) is 0 Å². The van der Waals surface area contributed by atoms with Gasteiger partial charge in [0.05, 0.1) is 47.9 Å². The zero-order valence-electron chi connectivity index (χ0n) is 35.3. The van der Waals surface area contributed by atoms with Crippen LogP contribution in [0.15, 0.2) is 105 Å². The van der Waals surface area contributed by atoms with E-state index in [1.165, 1.54) is 61.7 Å². The third kappa shape index (κ3) is 12.1. The quantitative estimate of drug-likeness (QED) is 0.105. The van der Waals surface area contributed by atoms with Gasteiger partial charge in [0.25, 0.3) is 0 Å². The predicted octanol–water partition coefficient (Wildman–Crippen LogP) is 10.5. The van der Waals surface area contributed by atoms with Gasteiger partial charge in [-0.2, -0.15) is 8.61 Å². The molecule has 0 aliphatic carbocycles. The molecule has 0 unspecified atom stereocenters. The van der Waals surface area contributed by atoms with E-state index >= 15 is 0 Å².